The highest BCUT2D eigenvalue weighted by atomic mass is 16.5. The van der Waals surface area contributed by atoms with Crippen molar-refractivity contribution in [2.24, 2.45) is 0 Å². The lowest BCUT2D eigenvalue weighted by Gasteiger charge is -2.16. The minimum atomic E-state index is -0.958. The van der Waals surface area contributed by atoms with Gasteiger partial charge in [-0.3, -0.25) is 0 Å². The van der Waals surface area contributed by atoms with Crippen LogP contribution in [0.15, 0.2) is 42.5 Å². The van der Waals surface area contributed by atoms with E-state index in [4.69, 9.17) is 4.74 Å². The number of hydrogen-bond acceptors (Lipinski definition) is 3. The Morgan fingerprint density at radius 3 is 2.59 bits per heavy atom. The van der Waals surface area contributed by atoms with Crippen molar-refractivity contribution in [1.82, 2.24) is 0 Å². The fraction of sp³-hybridized carbons (Fsp3) is 0.278. The second kappa shape index (κ2) is 7.50. The molecule has 0 bridgehead atoms. The van der Waals surface area contributed by atoms with Crippen molar-refractivity contribution >= 4 is 11.7 Å². The van der Waals surface area contributed by atoms with E-state index in [0.29, 0.717) is 23.7 Å². The molecule has 0 aliphatic rings. The van der Waals surface area contributed by atoms with Gasteiger partial charge in [-0.1, -0.05) is 31.5 Å². The summed E-state index contributed by atoms with van der Waals surface area (Å²) in [6, 6.07) is 12.9. The molecule has 0 aliphatic heterocycles. The Bertz CT molecular complexity index is 638. The molecule has 116 valence electrons. The van der Waals surface area contributed by atoms with Gasteiger partial charge in [0, 0.05) is 6.54 Å². The number of para-hydroxylation sites is 1. The molecular formula is C18H21NO3. The largest absolute Gasteiger partial charge is 0.478 e. The van der Waals surface area contributed by atoms with Gasteiger partial charge in [0.1, 0.15) is 5.75 Å². The number of carboxylic acid groups (broad SMARTS) is 1. The number of carboxylic acids is 1. The smallest absolute Gasteiger partial charge is 0.337 e. The van der Waals surface area contributed by atoms with Gasteiger partial charge in [-0.15, -0.1) is 0 Å². The first-order chi connectivity index (χ1) is 10.6. The number of benzene rings is 2. The standard InChI is InChI=1S/C18H21NO3/c1-3-4-10-19-17-15(18(20)21)11-13(2)12-16(17)22-14-8-6-5-7-9-14/h5-9,11-12,19H,3-4,10H2,1-2H3,(H,20,21). The first-order valence-corrected chi connectivity index (χ1v) is 7.46. The summed E-state index contributed by atoms with van der Waals surface area (Å²) in [4.78, 5) is 11.5. The van der Waals surface area contributed by atoms with Crippen LogP contribution < -0.4 is 10.1 Å². The van der Waals surface area contributed by atoms with Crippen LogP contribution >= 0.6 is 0 Å². The van der Waals surface area contributed by atoms with Gasteiger partial charge in [-0.25, -0.2) is 4.79 Å². The summed E-state index contributed by atoms with van der Waals surface area (Å²) < 4.78 is 5.89. The molecule has 0 aromatic heterocycles. The van der Waals surface area contributed by atoms with E-state index in [9.17, 15) is 9.90 Å². The Morgan fingerprint density at radius 2 is 1.95 bits per heavy atom. The number of aromatic carboxylic acids is 1. The van der Waals surface area contributed by atoms with Crippen molar-refractivity contribution in [2.45, 2.75) is 26.7 Å². The number of nitrogens with one attached hydrogen (secondary N) is 1. The highest BCUT2D eigenvalue weighted by Gasteiger charge is 2.16. The van der Waals surface area contributed by atoms with Crippen molar-refractivity contribution < 1.29 is 14.6 Å². The Labute approximate surface area is 130 Å². The SMILES string of the molecule is CCCCNc1c(Oc2ccccc2)cc(C)cc1C(=O)O. The van der Waals surface area contributed by atoms with Gasteiger partial charge in [0.25, 0.3) is 0 Å². The topological polar surface area (TPSA) is 58.6 Å². The summed E-state index contributed by atoms with van der Waals surface area (Å²) in [7, 11) is 0. The van der Waals surface area contributed by atoms with Crippen LogP contribution in [0.1, 0.15) is 35.7 Å². The molecule has 0 unspecified atom stereocenters. The van der Waals surface area contributed by atoms with E-state index in [-0.39, 0.29) is 5.56 Å². The Morgan fingerprint density at radius 1 is 1.23 bits per heavy atom. The zero-order valence-electron chi connectivity index (χ0n) is 12.9. The van der Waals surface area contributed by atoms with Crippen LogP contribution in [0.3, 0.4) is 0 Å². The van der Waals surface area contributed by atoms with Gasteiger partial charge in [-0.05, 0) is 43.2 Å². The normalized spacial score (nSPS) is 10.3. The maximum absolute atomic E-state index is 11.5. The van der Waals surface area contributed by atoms with E-state index < -0.39 is 5.97 Å². The minimum Gasteiger partial charge on any atom is -0.478 e. The Balaban J connectivity index is 2.38. The monoisotopic (exact) mass is 299 g/mol. The number of carbonyl (C=O) groups is 1. The zero-order valence-corrected chi connectivity index (χ0v) is 12.9. The van der Waals surface area contributed by atoms with Crippen molar-refractivity contribution in [3.8, 4) is 11.5 Å². The summed E-state index contributed by atoms with van der Waals surface area (Å²) in [6.07, 6.45) is 2.01. The van der Waals surface area contributed by atoms with Crippen molar-refractivity contribution in [1.29, 1.82) is 0 Å². The predicted octanol–water partition coefficient (Wildman–Crippen LogP) is 4.70. The first kappa shape index (κ1) is 15.9. The summed E-state index contributed by atoms with van der Waals surface area (Å²) in [5.74, 6) is 0.267. The lowest BCUT2D eigenvalue weighted by molar-refractivity contribution is 0.0697. The minimum absolute atomic E-state index is 0.238. The maximum atomic E-state index is 11.5. The molecule has 22 heavy (non-hydrogen) atoms. The molecule has 2 aromatic rings. The highest BCUT2D eigenvalue weighted by molar-refractivity contribution is 5.96. The first-order valence-electron chi connectivity index (χ1n) is 7.46. The van der Waals surface area contributed by atoms with Gasteiger partial charge in [0.05, 0.1) is 11.3 Å². The fourth-order valence-electron chi connectivity index (χ4n) is 2.19. The molecule has 4 nitrogen and oxygen atoms in total. The van der Waals surface area contributed by atoms with Crippen molar-refractivity contribution in [2.75, 3.05) is 11.9 Å². The van der Waals surface area contributed by atoms with Crippen LogP contribution in [-0.4, -0.2) is 17.6 Å². The van der Waals surface area contributed by atoms with E-state index in [2.05, 4.69) is 12.2 Å². The second-order valence-corrected chi connectivity index (χ2v) is 5.19. The van der Waals surface area contributed by atoms with Crippen LogP contribution in [0, 0.1) is 6.92 Å². The average molecular weight is 299 g/mol. The van der Waals surface area contributed by atoms with Gasteiger partial charge in [-0.2, -0.15) is 0 Å². The summed E-state index contributed by atoms with van der Waals surface area (Å²) in [5.41, 5.74) is 1.63. The third-order valence-electron chi connectivity index (χ3n) is 3.28. The lowest BCUT2D eigenvalue weighted by atomic mass is 10.1. The van der Waals surface area contributed by atoms with Crippen LogP contribution in [0.5, 0.6) is 11.5 Å². The molecule has 0 saturated carbocycles. The molecule has 2 N–H and O–H groups in total. The number of hydrogen-bond donors (Lipinski definition) is 2. The summed E-state index contributed by atoms with van der Waals surface area (Å²) >= 11 is 0. The summed E-state index contributed by atoms with van der Waals surface area (Å²) in [5, 5.41) is 12.6. The number of anilines is 1. The Hall–Kier alpha value is -2.49. The molecule has 0 spiro atoms. The number of rotatable bonds is 7. The Kier molecular flexibility index (Phi) is 5.42. The molecule has 0 saturated heterocycles. The zero-order chi connectivity index (χ0) is 15.9. The predicted molar refractivity (Wildman–Crippen MR) is 88.1 cm³/mol. The van der Waals surface area contributed by atoms with E-state index in [1.807, 2.05) is 43.3 Å². The molecule has 0 aliphatic carbocycles. The number of unbranched alkanes of at least 4 members (excludes halogenated alkanes) is 1. The van der Waals surface area contributed by atoms with Crippen LogP contribution in [0.2, 0.25) is 0 Å². The van der Waals surface area contributed by atoms with Crippen molar-refractivity contribution in [3.05, 3.63) is 53.6 Å². The van der Waals surface area contributed by atoms with Crippen molar-refractivity contribution in [3.63, 3.8) is 0 Å². The molecule has 2 rings (SSSR count). The lowest BCUT2D eigenvalue weighted by Crippen LogP contribution is -2.09. The molecule has 0 atom stereocenters. The summed E-state index contributed by atoms with van der Waals surface area (Å²) in [6.45, 7) is 4.67. The van der Waals surface area contributed by atoms with Gasteiger partial charge >= 0.3 is 5.97 Å². The molecule has 0 amide bonds. The maximum Gasteiger partial charge on any atom is 0.337 e. The molecule has 0 heterocycles. The van der Waals surface area contributed by atoms with Crippen LogP contribution in [-0.2, 0) is 0 Å². The van der Waals surface area contributed by atoms with Gasteiger partial charge in [0.2, 0.25) is 0 Å². The van der Waals surface area contributed by atoms with Crippen LogP contribution in [0.4, 0.5) is 5.69 Å². The second-order valence-electron chi connectivity index (χ2n) is 5.19. The fourth-order valence-corrected chi connectivity index (χ4v) is 2.19. The van der Waals surface area contributed by atoms with Crippen LogP contribution in [0.25, 0.3) is 0 Å². The van der Waals surface area contributed by atoms with Gasteiger partial charge < -0.3 is 15.2 Å². The van der Waals surface area contributed by atoms with E-state index in [0.717, 1.165) is 18.4 Å². The number of aryl methyl sites for hydroxylation is 1. The molecule has 0 fully saturated rings. The third-order valence-corrected chi connectivity index (χ3v) is 3.28. The van der Waals surface area contributed by atoms with E-state index in [1.165, 1.54) is 0 Å². The van der Waals surface area contributed by atoms with Gasteiger partial charge in [0.15, 0.2) is 5.75 Å². The number of ether oxygens (including phenoxy) is 1. The average Bonchev–Trinajstić information content (AvgIpc) is 2.50. The molecular weight excluding hydrogens is 278 g/mol. The molecule has 4 heteroatoms. The van der Waals surface area contributed by atoms with E-state index in [1.54, 1.807) is 6.07 Å². The third kappa shape index (κ3) is 4.01. The highest BCUT2D eigenvalue weighted by Crippen LogP contribution is 2.34. The molecule has 0 radical (unpaired) electrons. The molecule has 2 aromatic carbocycles. The van der Waals surface area contributed by atoms with E-state index >= 15 is 0 Å². The quantitative estimate of drug-likeness (QED) is 0.728.